The highest BCUT2D eigenvalue weighted by Gasteiger charge is 2.34. The molecule has 1 aliphatic carbocycles. The molecule has 104 valence electrons. The van der Waals surface area contributed by atoms with Crippen molar-refractivity contribution in [3.05, 3.63) is 48.6 Å². The van der Waals surface area contributed by atoms with Crippen molar-refractivity contribution < 1.29 is 4.79 Å². The molecule has 0 heterocycles. The van der Waals surface area contributed by atoms with E-state index in [0.29, 0.717) is 12.5 Å². The van der Waals surface area contributed by atoms with Crippen LogP contribution < -0.4 is 5.32 Å². The fraction of sp³-hybridized carbons (Fsp3) is 0.389. The molecule has 1 atom stereocenters. The molecule has 0 saturated heterocycles. The Morgan fingerprint density at radius 3 is 2.80 bits per heavy atom. The minimum Gasteiger partial charge on any atom is -0.351 e. The number of hydrogen-bond donors (Lipinski definition) is 1. The highest BCUT2D eigenvalue weighted by molar-refractivity contribution is 5.82. The van der Waals surface area contributed by atoms with E-state index >= 15 is 0 Å². The van der Waals surface area contributed by atoms with Gasteiger partial charge in [0.1, 0.15) is 5.92 Å². The van der Waals surface area contributed by atoms with Crippen LogP contribution in [0.15, 0.2) is 43.0 Å². The van der Waals surface area contributed by atoms with Crippen molar-refractivity contribution in [1.82, 2.24) is 5.32 Å². The second-order valence-corrected chi connectivity index (χ2v) is 5.17. The predicted octanol–water partition coefficient (Wildman–Crippen LogP) is 3.30. The molecule has 1 aromatic rings. The van der Waals surface area contributed by atoms with Gasteiger partial charge in [0, 0.05) is 13.0 Å². The van der Waals surface area contributed by atoms with Crippen molar-refractivity contribution in [2.24, 2.45) is 11.8 Å². The fourth-order valence-corrected chi connectivity index (χ4v) is 2.08. The van der Waals surface area contributed by atoms with Crippen LogP contribution in [0.5, 0.6) is 0 Å². The van der Waals surface area contributed by atoms with E-state index in [-0.39, 0.29) is 11.8 Å². The lowest BCUT2D eigenvalue weighted by Gasteiger charge is -2.10. The number of hydrogen-bond acceptors (Lipinski definition) is 1. The van der Waals surface area contributed by atoms with Crippen LogP contribution >= 0.6 is 0 Å². The molecule has 0 spiro atoms. The average molecular weight is 267 g/mol. The summed E-state index contributed by atoms with van der Waals surface area (Å²) in [4.78, 5) is 12.2. The van der Waals surface area contributed by atoms with Gasteiger partial charge >= 0.3 is 0 Å². The summed E-state index contributed by atoms with van der Waals surface area (Å²) < 4.78 is 0. The molecule has 20 heavy (non-hydrogen) atoms. The second kappa shape index (κ2) is 7.55. The quantitative estimate of drug-likeness (QED) is 0.478. The van der Waals surface area contributed by atoms with Crippen LogP contribution in [0, 0.1) is 23.7 Å². The fourth-order valence-electron chi connectivity index (χ4n) is 2.08. The Bertz CT molecular complexity index is 505. The van der Waals surface area contributed by atoms with Crippen LogP contribution in [0.3, 0.4) is 0 Å². The average Bonchev–Trinajstić information content (AvgIpc) is 3.30. The molecule has 2 rings (SSSR count). The van der Waals surface area contributed by atoms with Gasteiger partial charge in [-0.1, -0.05) is 42.3 Å². The first-order valence-electron chi connectivity index (χ1n) is 7.22. The maximum Gasteiger partial charge on any atom is 0.235 e. The summed E-state index contributed by atoms with van der Waals surface area (Å²) in [7, 11) is 0. The van der Waals surface area contributed by atoms with E-state index in [1.807, 2.05) is 36.4 Å². The Morgan fingerprint density at radius 1 is 1.40 bits per heavy atom. The molecular formula is C18H21NO. The molecule has 1 N–H and O–H groups in total. The molecule has 1 fully saturated rings. The van der Waals surface area contributed by atoms with Gasteiger partial charge in [-0.25, -0.2) is 0 Å². The number of nitrogens with one attached hydrogen (secondary N) is 1. The Morgan fingerprint density at radius 2 is 2.15 bits per heavy atom. The topological polar surface area (TPSA) is 29.1 Å². The Hall–Kier alpha value is -2.01. The zero-order chi connectivity index (χ0) is 14.2. The van der Waals surface area contributed by atoms with Gasteiger partial charge in [-0.15, -0.1) is 12.5 Å². The lowest BCUT2D eigenvalue weighted by atomic mass is 10.0. The highest BCUT2D eigenvalue weighted by atomic mass is 16.1. The van der Waals surface area contributed by atoms with Crippen LogP contribution in [0.2, 0.25) is 0 Å². The van der Waals surface area contributed by atoms with Crippen molar-refractivity contribution in [2.45, 2.75) is 32.2 Å². The van der Waals surface area contributed by atoms with Gasteiger partial charge in [-0.3, -0.25) is 4.79 Å². The third-order valence-electron chi connectivity index (χ3n) is 3.42. The first kappa shape index (κ1) is 14.4. The van der Waals surface area contributed by atoms with Crippen molar-refractivity contribution in [3.63, 3.8) is 0 Å². The normalized spacial score (nSPS) is 14.8. The van der Waals surface area contributed by atoms with Gasteiger partial charge in [0.05, 0.1) is 0 Å². The van der Waals surface area contributed by atoms with E-state index in [1.165, 1.54) is 0 Å². The number of carbonyl (C=O) groups excluding carboxylic acids is 1. The number of amides is 1. The summed E-state index contributed by atoms with van der Waals surface area (Å²) in [6.45, 7) is 4.26. The van der Waals surface area contributed by atoms with E-state index in [4.69, 9.17) is 0 Å². The monoisotopic (exact) mass is 267 g/mol. The smallest absolute Gasteiger partial charge is 0.235 e. The van der Waals surface area contributed by atoms with Gasteiger partial charge in [-0.2, -0.15) is 0 Å². The van der Waals surface area contributed by atoms with Crippen molar-refractivity contribution in [2.75, 3.05) is 0 Å². The van der Waals surface area contributed by atoms with Gasteiger partial charge in [0.2, 0.25) is 5.91 Å². The van der Waals surface area contributed by atoms with E-state index in [2.05, 4.69) is 23.7 Å². The molecule has 2 heteroatoms. The lowest BCUT2D eigenvalue weighted by molar-refractivity contribution is -0.124. The van der Waals surface area contributed by atoms with Gasteiger partial charge in [-0.05, 0) is 30.7 Å². The number of rotatable bonds is 6. The standard InChI is InChI=1S/C18H21NO/c1-2-3-4-8-11-17(16-12-13-16)18(20)19-14-15-9-6-5-7-10-15/h2,5-7,9-10,16-17H,1,3-4,12-14H2,(H,19,20). The molecule has 1 unspecified atom stereocenters. The van der Waals surface area contributed by atoms with Crippen LogP contribution in [0.4, 0.5) is 0 Å². The molecule has 2 nitrogen and oxygen atoms in total. The van der Waals surface area contributed by atoms with E-state index in [1.54, 1.807) is 0 Å². The maximum atomic E-state index is 12.2. The number of allylic oxidation sites excluding steroid dienone is 1. The number of benzene rings is 1. The molecule has 1 aliphatic rings. The SMILES string of the molecule is C=CCCC#CC(C(=O)NCc1ccccc1)C1CC1. The Labute approximate surface area is 121 Å². The number of carbonyl (C=O) groups is 1. The number of unbranched alkanes of at least 4 members (excludes halogenated alkanes) is 1. The summed E-state index contributed by atoms with van der Waals surface area (Å²) in [5.41, 5.74) is 1.12. The zero-order valence-electron chi connectivity index (χ0n) is 11.8. The molecule has 0 bridgehead atoms. The van der Waals surface area contributed by atoms with Crippen LogP contribution in [-0.2, 0) is 11.3 Å². The van der Waals surface area contributed by atoms with Crippen LogP contribution in [0.25, 0.3) is 0 Å². The minimum atomic E-state index is -0.136. The molecule has 0 radical (unpaired) electrons. The Balaban J connectivity index is 1.86. The summed E-state index contributed by atoms with van der Waals surface area (Å²) in [5.74, 6) is 6.64. The molecule has 1 aromatic carbocycles. The molecule has 0 aliphatic heterocycles. The third kappa shape index (κ3) is 4.59. The van der Waals surface area contributed by atoms with Crippen LogP contribution in [0.1, 0.15) is 31.2 Å². The van der Waals surface area contributed by atoms with Crippen molar-refractivity contribution >= 4 is 5.91 Å². The predicted molar refractivity (Wildman–Crippen MR) is 81.7 cm³/mol. The zero-order valence-corrected chi connectivity index (χ0v) is 11.8. The van der Waals surface area contributed by atoms with Crippen molar-refractivity contribution in [1.29, 1.82) is 0 Å². The first-order chi connectivity index (χ1) is 9.81. The van der Waals surface area contributed by atoms with E-state index < -0.39 is 0 Å². The van der Waals surface area contributed by atoms with Gasteiger partial charge < -0.3 is 5.32 Å². The molecule has 0 aromatic heterocycles. The molecular weight excluding hydrogens is 246 g/mol. The summed E-state index contributed by atoms with van der Waals surface area (Å²) >= 11 is 0. The second-order valence-electron chi connectivity index (χ2n) is 5.17. The third-order valence-corrected chi connectivity index (χ3v) is 3.42. The molecule has 1 saturated carbocycles. The van der Waals surface area contributed by atoms with E-state index in [0.717, 1.165) is 31.2 Å². The maximum absolute atomic E-state index is 12.2. The summed E-state index contributed by atoms with van der Waals surface area (Å²) in [5, 5.41) is 3.00. The van der Waals surface area contributed by atoms with Gasteiger partial charge in [0.15, 0.2) is 0 Å². The summed E-state index contributed by atoms with van der Waals surface area (Å²) in [6.07, 6.45) is 5.78. The van der Waals surface area contributed by atoms with Gasteiger partial charge in [0.25, 0.3) is 0 Å². The van der Waals surface area contributed by atoms with E-state index in [9.17, 15) is 4.79 Å². The largest absolute Gasteiger partial charge is 0.351 e. The molecule has 1 amide bonds. The highest BCUT2D eigenvalue weighted by Crippen LogP contribution is 2.36. The Kier molecular flexibility index (Phi) is 5.43. The summed E-state index contributed by atoms with van der Waals surface area (Å²) in [6, 6.07) is 9.97. The van der Waals surface area contributed by atoms with Crippen LogP contribution in [-0.4, -0.2) is 5.91 Å². The lowest BCUT2D eigenvalue weighted by Crippen LogP contribution is -2.30. The van der Waals surface area contributed by atoms with Crippen molar-refractivity contribution in [3.8, 4) is 11.8 Å². The first-order valence-corrected chi connectivity index (χ1v) is 7.22. The minimum absolute atomic E-state index is 0.0717.